The predicted molar refractivity (Wildman–Crippen MR) is 91.6 cm³/mol. The highest BCUT2D eigenvalue weighted by Crippen LogP contribution is 2.15. The van der Waals surface area contributed by atoms with Crippen LogP contribution in [0.5, 0.6) is 0 Å². The fourth-order valence-corrected chi connectivity index (χ4v) is 2.50. The molecule has 26 heavy (non-hydrogen) atoms. The first kappa shape index (κ1) is 17.7. The first-order valence-corrected chi connectivity index (χ1v) is 8.36. The van der Waals surface area contributed by atoms with Crippen LogP contribution in [-0.2, 0) is 17.8 Å². The number of carbonyl (C=O) groups is 1. The minimum absolute atomic E-state index is 0.0516. The van der Waals surface area contributed by atoms with Gasteiger partial charge >= 0.3 is 0 Å². The molecule has 9 nitrogen and oxygen atoms in total. The minimum Gasteiger partial charge on any atom is -0.395 e. The average Bonchev–Trinajstić information content (AvgIpc) is 3.34. The van der Waals surface area contributed by atoms with E-state index >= 15 is 0 Å². The van der Waals surface area contributed by atoms with Gasteiger partial charge in [-0.3, -0.25) is 9.78 Å². The molecular weight excluding hydrogens is 336 g/mol. The maximum atomic E-state index is 12.4. The number of aryl methyl sites for hydroxylation is 1. The standard InChI is InChI=1S/C17H20N6O3/c24-11-10-23(12-14-19-8-9-20-14)16(25)3-1-2-15-21-17(22-26-15)13-4-6-18-7-5-13/h4-9,24H,1-3,10-12H2,(H,19,20). The Morgan fingerprint density at radius 2 is 2.12 bits per heavy atom. The van der Waals surface area contributed by atoms with Crippen molar-refractivity contribution in [2.45, 2.75) is 25.8 Å². The first-order chi connectivity index (χ1) is 12.8. The summed E-state index contributed by atoms with van der Waals surface area (Å²) in [6.07, 6.45) is 8.08. The minimum atomic E-state index is -0.0919. The van der Waals surface area contributed by atoms with E-state index in [9.17, 15) is 4.79 Å². The van der Waals surface area contributed by atoms with Gasteiger partial charge in [0.2, 0.25) is 17.6 Å². The molecule has 0 unspecified atom stereocenters. The lowest BCUT2D eigenvalue weighted by molar-refractivity contribution is -0.132. The van der Waals surface area contributed by atoms with Gasteiger partial charge in [0.25, 0.3) is 0 Å². The number of hydrogen-bond donors (Lipinski definition) is 2. The third kappa shape index (κ3) is 4.73. The van der Waals surface area contributed by atoms with E-state index in [1.54, 1.807) is 41.8 Å². The molecule has 0 spiro atoms. The Kier molecular flexibility index (Phi) is 6.05. The fourth-order valence-electron chi connectivity index (χ4n) is 2.50. The van der Waals surface area contributed by atoms with Crippen LogP contribution in [0.4, 0.5) is 0 Å². The summed E-state index contributed by atoms with van der Waals surface area (Å²) >= 11 is 0. The van der Waals surface area contributed by atoms with Crippen molar-refractivity contribution in [2.24, 2.45) is 0 Å². The van der Waals surface area contributed by atoms with Crippen molar-refractivity contribution >= 4 is 5.91 Å². The molecule has 2 N–H and O–H groups in total. The molecular formula is C17H20N6O3. The molecule has 0 fully saturated rings. The predicted octanol–water partition coefficient (Wildman–Crippen LogP) is 1.20. The number of aliphatic hydroxyl groups excluding tert-OH is 1. The van der Waals surface area contributed by atoms with Crippen molar-refractivity contribution in [1.82, 2.24) is 30.0 Å². The summed E-state index contributed by atoms with van der Waals surface area (Å²) in [5.74, 6) is 1.63. The van der Waals surface area contributed by atoms with Gasteiger partial charge in [0, 0.05) is 49.7 Å². The lowest BCUT2D eigenvalue weighted by atomic mass is 10.2. The summed E-state index contributed by atoms with van der Waals surface area (Å²) in [7, 11) is 0. The zero-order chi connectivity index (χ0) is 18.2. The van der Waals surface area contributed by atoms with Crippen molar-refractivity contribution in [3.63, 3.8) is 0 Å². The molecule has 3 aromatic heterocycles. The van der Waals surface area contributed by atoms with Crippen LogP contribution in [0.1, 0.15) is 24.6 Å². The molecule has 9 heteroatoms. The van der Waals surface area contributed by atoms with E-state index in [1.807, 2.05) is 0 Å². The Hall–Kier alpha value is -3.07. The molecule has 0 aliphatic heterocycles. The van der Waals surface area contributed by atoms with E-state index in [-0.39, 0.29) is 19.1 Å². The smallest absolute Gasteiger partial charge is 0.226 e. The second kappa shape index (κ2) is 8.86. The van der Waals surface area contributed by atoms with Crippen molar-refractivity contribution in [3.8, 4) is 11.4 Å². The van der Waals surface area contributed by atoms with Crippen LogP contribution in [-0.4, -0.2) is 54.2 Å². The van der Waals surface area contributed by atoms with Gasteiger partial charge in [0.15, 0.2) is 0 Å². The SMILES string of the molecule is O=C(CCCc1nc(-c2ccncc2)no1)N(CCO)Cc1ncc[nH]1. The third-order valence-corrected chi connectivity index (χ3v) is 3.81. The van der Waals surface area contributed by atoms with Gasteiger partial charge in [-0.2, -0.15) is 4.98 Å². The van der Waals surface area contributed by atoms with Crippen LogP contribution in [0.15, 0.2) is 41.4 Å². The number of nitrogens with one attached hydrogen (secondary N) is 1. The number of amides is 1. The summed E-state index contributed by atoms with van der Waals surface area (Å²) in [5.41, 5.74) is 0.832. The lowest BCUT2D eigenvalue weighted by Crippen LogP contribution is -2.33. The monoisotopic (exact) mass is 356 g/mol. The molecule has 0 saturated carbocycles. The number of H-pyrrole nitrogens is 1. The van der Waals surface area contributed by atoms with Crippen LogP contribution < -0.4 is 0 Å². The lowest BCUT2D eigenvalue weighted by Gasteiger charge is -2.20. The quantitative estimate of drug-likeness (QED) is 0.591. The zero-order valence-corrected chi connectivity index (χ0v) is 14.2. The van der Waals surface area contributed by atoms with Gasteiger partial charge in [-0.25, -0.2) is 4.98 Å². The molecule has 0 aliphatic carbocycles. The number of pyridine rings is 1. The largest absolute Gasteiger partial charge is 0.395 e. The van der Waals surface area contributed by atoms with Gasteiger partial charge in [0.05, 0.1) is 13.2 Å². The Labute approximate surface area is 150 Å². The van der Waals surface area contributed by atoms with E-state index in [0.29, 0.717) is 43.3 Å². The van der Waals surface area contributed by atoms with E-state index in [2.05, 4.69) is 25.1 Å². The summed E-state index contributed by atoms with van der Waals surface area (Å²) in [6.45, 7) is 0.525. The zero-order valence-electron chi connectivity index (χ0n) is 14.2. The summed E-state index contributed by atoms with van der Waals surface area (Å²) in [4.78, 5) is 29.3. The molecule has 0 saturated heterocycles. The highest BCUT2D eigenvalue weighted by molar-refractivity contribution is 5.76. The number of rotatable bonds is 9. The second-order valence-electron chi connectivity index (χ2n) is 5.68. The molecule has 3 rings (SSSR count). The molecule has 3 heterocycles. The van der Waals surface area contributed by atoms with Gasteiger partial charge in [-0.1, -0.05) is 5.16 Å². The van der Waals surface area contributed by atoms with Crippen LogP contribution in [0, 0.1) is 0 Å². The molecule has 136 valence electrons. The molecule has 0 aliphatic rings. The number of imidazole rings is 1. The van der Waals surface area contributed by atoms with Crippen molar-refractivity contribution in [3.05, 3.63) is 48.6 Å². The fraction of sp³-hybridized carbons (Fsp3) is 0.353. The second-order valence-corrected chi connectivity index (χ2v) is 5.68. The Balaban J connectivity index is 1.50. The van der Waals surface area contributed by atoms with Gasteiger partial charge < -0.3 is 19.5 Å². The number of aromatic amines is 1. The van der Waals surface area contributed by atoms with Crippen LogP contribution in [0.25, 0.3) is 11.4 Å². The van der Waals surface area contributed by atoms with Crippen molar-refractivity contribution < 1.29 is 14.4 Å². The van der Waals surface area contributed by atoms with E-state index in [0.717, 1.165) is 5.56 Å². The highest BCUT2D eigenvalue weighted by atomic mass is 16.5. The van der Waals surface area contributed by atoms with E-state index in [1.165, 1.54) is 0 Å². The Morgan fingerprint density at radius 3 is 2.85 bits per heavy atom. The number of aromatic nitrogens is 5. The summed E-state index contributed by atoms with van der Waals surface area (Å²) in [6, 6.07) is 3.61. The van der Waals surface area contributed by atoms with Crippen molar-refractivity contribution in [1.29, 1.82) is 0 Å². The van der Waals surface area contributed by atoms with Crippen LogP contribution >= 0.6 is 0 Å². The number of nitrogens with zero attached hydrogens (tertiary/aromatic N) is 5. The molecule has 1 amide bonds. The molecule has 0 bridgehead atoms. The van der Waals surface area contributed by atoms with Crippen molar-refractivity contribution in [2.75, 3.05) is 13.2 Å². The average molecular weight is 356 g/mol. The number of carbonyl (C=O) groups excluding carboxylic acids is 1. The number of hydrogen-bond acceptors (Lipinski definition) is 7. The maximum absolute atomic E-state index is 12.4. The van der Waals surface area contributed by atoms with Gasteiger partial charge in [0.1, 0.15) is 5.82 Å². The Morgan fingerprint density at radius 1 is 1.27 bits per heavy atom. The molecule has 3 aromatic rings. The van der Waals surface area contributed by atoms with E-state index in [4.69, 9.17) is 9.63 Å². The molecule has 0 aromatic carbocycles. The summed E-state index contributed by atoms with van der Waals surface area (Å²) in [5, 5.41) is 13.1. The maximum Gasteiger partial charge on any atom is 0.226 e. The van der Waals surface area contributed by atoms with Crippen LogP contribution in [0.2, 0.25) is 0 Å². The topological polar surface area (TPSA) is 121 Å². The molecule has 0 atom stereocenters. The van der Waals surface area contributed by atoms with Crippen LogP contribution in [0.3, 0.4) is 0 Å². The van der Waals surface area contributed by atoms with E-state index < -0.39 is 0 Å². The molecule has 0 radical (unpaired) electrons. The summed E-state index contributed by atoms with van der Waals surface area (Å²) < 4.78 is 5.23. The van der Waals surface area contributed by atoms with Gasteiger partial charge in [-0.05, 0) is 18.6 Å². The first-order valence-electron chi connectivity index (χ1n) is 8.36. The number of aliphatic hydroxyl groups is 1. The van der Waals surface area contributed by atoms with Gasteiger partial charge in [-0.15, -0.1) is 0 Å². The highest BCUT2D eigenvalue weighted by Gasteiger charge is 2.15. The third-order valence-electron chi connectivity index (χ3n) is 3.81. The normalized spacial score (nSPS) is 10.8. The Bertz CT molecular complexity index is 803.